The van der Waals surface area contributed by atoms with Gasteiger partial charge < -0.3 is 15.4 Å². The van der Waals surface area contributed by atoms with E-state index in [1.165, 1.54) is 0 Å². The highest BCUT2D eigenvalue weighted by molar-refractivity contribution is 5.94. The van der Waals surface area contributed by atoms with Gasteiger partial charge in [-0.3, -0.25) is 4.79 Å². The van der Waals surface area contributed by atoms with Crippen LogP contribution in [0.25, 0.3) is 0 Å². The Morgan fingerprint density at radius 2 is 2.27 bits per heavy atom. The summed E-state index contributed by atoms with van der Waals surface area (Å²) in [6.07, 6.45) is 0.574. The molecule has 1 atom stereocenters. The minimum Gasteiger partial charge on any atom is -0.396 e. The van der Waals surface area contributed by atoms with Crippen molar-refractivity contribution >= 4 is 5.91 Å². The minimum absolute atomic E-state index is 0.00879. The fourth-order valence-corrected chi connectivity index (χ4v) is 1.53. The summed E-state index contributed by atoms with van der Waals surface area (Å²) in [6, 6.07) is 1.93. The smallest absolute Gasteiger partial charge is 0.268 e. The van der Waals surface area contributed by atoms with Crippen molar-refractivity contribution in [3.63, 3.8) is 0 Å². The molecule has 0 spiro atoms. The zero-order valence-corrected chi connectivity index (χ0v) is 9.42. The summed E-state index contributed by atoms with van der Waals surface area (Å²) >= 11 is 0. The van der Waals surface area contributed by atoms with Crippen molar-refractivity contribution in [3.8, 4) is 0 Å². The molecule has 4 nitrogen and oxygen atoms in total. The Hall–Kier alpha value is -1.29. The lowest BCUT2D eigenvalue weighted by atomic mass is 10.2. The van der Waals surface area contributed by atoms with Gasteiger partial charge in [0.25, 0.3) is 5.91 Å². The van der Waals surface area contributed by atoms with Gasteiger partial charge in [-0.15, -0.1) is 0 Å². The molecule has 0 fully saturated rings. The number of aliphatic hydroxyl groups excluding tert-OH is 1. The third kappa shape index (κ3) is 3.09. The van der Waals surface area contributed by atoms with E-state index in [1.54, 1.807) is 0 Å². The van der Waals surface area contributed by atoms with Gasteiger partial charge in [-0.05, 0) is 38.8 Å². The number of H-pyrrole nitrogens is 1. The van der Waals surface area contributed by atoms with E-state index in [-0.39, 0.29) is 18.6 Å². The molecule has 84 valence electrons. The maximum absolute atomic E-state index is 11.7. The second kappa shape index (κ2) is 4.98. The third-order valence-corrected chi connectivity index (χ3v) is 2.32. The number of amides is 1. The topological polar surface area (TPSA) is 65.1 Å². The molecule has 0 aliphatic heterocycles. The van der Waals surface area contributed by atoms with Gasteiger partial charge in [-0.25, -0.2) is 0 Å². The maximum Gasteiger partial charge on any atom is 0.268 e. The molecule has 15 heavy (non-hydrogen) atoms. The molecule has 0 radical (unpaired) electrons. The van der Waals surface area contributed by atoms with E-state index >= 15 is 0 Å². The number of carbonyl (C=O) groups excluding carboxylic acids is 1. The number of aromatic amines is 1. The van der Waals surface area contributed by atoms with Crippen molar-refractivity contribution in [1.82, 2.24) is 10.3 Å². The van der Waals surface area contributed by atoms with Gasteiger partial charge in [-0.1, -0.05) is 0 Å². The van der Waals surface area contributed by atoms with Crippen molar-refractivity contribution in [3.05, 3.63) is 23.0 Å². The van der Waals surface area contributed by atoms with Crippen LogP contribution in [0.4, 0.5) is 0 Å². The number of hydrogen-bond acceptors (Lipinski definition) is 2. The highest BCUT2D eigenvalue weighted by Gasteiger charge is 2.13. The highest BCUT2D eigenvalue weighted by atomic mass is 16.3. The summed E-state index contributed by atoms with van der Waals surface area (Å²) in [5.41, 5.74) is 2.53. The highest BCUT2D eigenvalue weighted by Crippen LogP contribution is 2.08. The van der Waals surface area contributed by atoms with Gasteiger partial charge in [0.2, 0.25) is 0 Å². The first-order valence-electron chi connectivity index (χ1n) is 5.12. The van der Waals surface area contributed by atoms with E-state index < -0.39 is 0 Å². The molecule has 0 aliphatic rings. The van der Waals surface area contributed by atoms with Crippen LogP contribution >= 0.6 is 0 Å². The SMILES string of the molecule is Cc1cc(C)c(C(=O)NC(C)CCO)[nH]1. The normalized spacial score (nSPS) is 12.5. The van der Waals surface area contributed by atoms with Gasteiger partial charge >= 0.3 is 0 Å². The van der Waals surface area contributed by atoms with Crippen molar-refractivity contribution in [1.29, 1.82) is 0 Å². The number of rotatable bonds is 4. The lowest BCUT2D eigenvalue weighted by Crippen LogP contribution is -2.33. The van der Waals surface area contributed by atoms with E-state index in [1.807, 2.05) is 26.8 Å². The van der Waals surface area contributed by atoms with Crippen molar-refractivity contribution in [2.75, 3.05) is 6.61 Å². The monoisotopic (exact) mass is 210 g/mol. The first kappa shape index (κ1) is 11.8. The summed E-state index contributed by atoms with van der Waals surface area (Å²) in [4.78, 5) is 14.8. The second-order valence-corrected chi connectivity index (χ2v) is 3.90. The number of carbonyl (C=O) groups is 1. The van der Waals surface area contributed by atoms with Gasteiger partial charge in [0, 0.05) is 18.3 Å². The van der Waals surface area contributed by atoms with E-state index in [2.05, 4.69) is 10.3 Å². The van der Waals surface area contributed by atoms with Gasteiger partial charge in [0.05, 0.1) is 0 Å². The van der Waals surface area contributed by atoms with Crippen LogP contribution in [-0.4, -0.2) is 28.6 Å². The Bertz CT molecular complexity index is 344. The zero-order chi connectivity index (χ0) is 11.4. The van der Waals surface area contributed by atoms with E-state index in [0.717, 1.165) is 11.3 Å². The standard InChI is InChI=1S/C11H18N2O2/c1-7-6-9(3)12-10(7)11(15)13-8(2)4-5-14/h6,8,12,14H,4-5H2,1-3H3,(H,13,15). The third-order valence-electron chi connectivity index (χ3n) is 2.32. The van der Waals surface area contributed by atoms with Crippen molar-refractivity contribution < 1.29 is 9.90 Å². The van der Waals surface area contributed by atoms with Crippen LogP contribution in [0.1, 0.15) is 35.1 Å². The Labute approximate surface area is 89.7 Å². The molecule has 1 aromatic rings. The molecule has 1 aromatic heterocycles. The summed E-state index contributed by atoms with van der Waals surface area (Å²) in [7, 11) is 0. The van der Waals surface area contributed by atoms with Crippen LogP contribution in [0.3, 0.4) is 0 Å². The van der Waals surface area contributed by atoms with Crippen LogP contribution in [0.15, 0.2) is 6.07 Å². The molecule has 0 saturated carbocycles. The lowest BCUT2D eigenvalue weighted by Gasteiger charge is -2.11. The predicted octanol–water partition coefficient (Wildman–Crippen LogP) is 1.13. The van der Waals surface area contributed by atoms with Gasteiger partial charge in [0.1, 0.15) is 5.69 Å². The summed E-state index contributed by atoms with van der Waals surface area (Å²) in [6.45, 7) is 5.78. The van der Waals surface area contributed by atoms with E-state index in [9.17, 15) is 4.79 Å². The quantitative estimate of drug-likeness (QED) is 0.697. The number of aliphatic hydroxyl groups is 1. The minimum atomic E-state index is -0.110. The number of nitrogens with one attached hydrogen (secondary N) is 2. The molecular formula is C11H18N2O2. The fraction of sp³-hybridized carbons (Fsp3) is 0.545. The molecule has 0 saturated heterocycles. The number of aryl methyl sites for hydroxylation is 2. The van der Waals surface area contributed by atoms with Gasteiger partial charge in [-0.2, -0.15) is 0 Å². The van der Waals surface area contributed by atoms with Crippen LogP contribution in [0.2, 0.25) is 0 Å². The second-order valence-electron chi connectivity index (χ2n) is 3.90. The Kier molecular flexibility index (Phi) is 3.91. The molecule has 1 heterocycles. The first-order chi connectivity index (χ1) is 7.04. The first-order valence-corrected chi connectivity index (χ1v) is 5.12. The molecular weight excluding hydrogens is 192 g/mol. The van der Waals surface area contributed by atoms with Crippen LogP contribution < -0.4 is 5.32 Å². The van der Waals surface area contributed by atoms with Gasteiger partial charge in [0.15, 0.2) is 0 Å². The van der Waals surface area contributed by atoms with Crippen molar-refractivity contribution in [2.24, 2.45) is 0 Å². The van der Waals surface area contributed by atoms with Crippen molar-refractivity contribution in [2.45, 2.75) is 33.2 Å². The fourth-order valence-electron chi connectivity index (χ4n) is 1.53. The summed E-state index contributed by atoms with van der Waals surface area (Å²) < 4.78 is 0. The maximum atomic E-state index is 11.7. The molecule has 0 aromatic carbocycles. The van der Waals surface area contributed by atoms with Crippen LogP contribution in [-0.2, 0) is 0 Å². The average molecular weight is 210 g/mol. The summed E-state index contributed by atoms with van der Waals surface area (Å²) in [5.74, 6) is -0.110. The molecule has 1 unspecified atom stereocenters. The molecule has 0 bridgehead atoms. The Balaban J connectivity index is 2.65. The molecule has 1 rings (SSSR count). The average Bonchev–Trinajstić information content (AvgIpc) is 2.45. The molecule has 0 aliphatic carbocycles. The largest absolute Gasteiger partial charge is 0.396 e. The van der Waals surface area contributed by atoms with Crippen LogP contribution in [0, 0.1) is 13.8 Å². The number of aromatic nitrogens is 1. The molecule has 3 N–H and O–H groups in total. The Morgan fingerprint density at radius 3 is 2.73 bits per heavy atom. The predicted molar refractivity (Wildman–Crippen MR) is 58.9 cm³/mol. The molecule has 4 heteroatoms. The zero-order valence-electron chi connectivity index (χ0n) is 9.42. The molecule has 1 amide bonds. The number of hydrogen-bond donors (Lipinski definition) is 3. The summed E-state index contributed by atoms with van der Waals surface area (Å²) in [5, 5.41) is 11.5. The van der Waals surface area contributed by atoms with E-state index in [0.29, 0.717) is 12.1 Å². The van der Waals surface area contributed by atoms with Crippen LogP contribution in [0.5, 0.6) is 0 Å². The van der Waals surface area contributed by atoms with E-state index in [4.69, 9.17) is 5.11 Å². The lowest BCUT2D eigenvalue weighted by molar-refractivity contribution is 0.0929. The Morgan fingerprint density at radius 1 is 1.60 bits per heavy atom.